The minimum Gasteiger partial charge on any atom is -0.497 e. The van der Waals surface area contributed by atoms with Gasteiger partial charge in [0.2, 0.25) is 11.1 Å². The van der Waals surface area contributed by atoms with E-state index in [2.05, 4.69) is 15.5 Å². The van der Waals surface area contributed by atoms with Gasteiger partial charge >= 0.3 is 0 Å². The first-order chi connectivity index (χ1) is 13.1. The van der Waals surface area contributed by atoms with Gasteiger partial charge in [0.25, 0.3) is 0 Å². The van der Waals surface area contributed by atoms with Crippen LogP contribution in [0.2, 0.25) is 0 Å². The van der Waals surface area contributed by atoms with Gasteiger partial charge < -0.3 is 15.9 Å². The molecule has 1 heterocycles. The molecule has 3 aromatic rings. The van der Waals surface area contributed by atoms with Crippen molar-refractivity contribution in [1.82, 2.24) is 20.2 Å². The summed E-state index contributed by atoms with van der Waals surface area (Å²) in [6.45, 7) is 1.95. The molecule has 0 aliphatic carbocycles. The van der Waals surface area contributed by atoms with E-state index in [9.17, 15) is 4.79 Å². The number of hydrogen-bond acceptors (Lipinski definition) is 6. The molecule has 3 N–H and O–H groups in total. The molecular formula is C19H21N5O2S. The van der Waals surface area contributed by atoms with E-state index in [0.29, 0.717) is 11.0 Å². The lowest BCUT2D eigenvalue weighted by Crippen LogP contribution is -2.28. The second-order valence-electron chi connectivity index (χ2n) is 5.89. The number of nitrogens with two attached hydrogens (primary N) is 1. The summed E-state index contributed by atoms with van der Waals surface area (Å²) in [5.41, 5.74) is 1.87. The lowest BCUT2D eigenvalue weighted by Gasteiger charge is -2.13. The molecule has 1 unspecified atom stereocenters. The van der Waals surface area contributed by atoms with Crippen LogP contribution in [0.4, 0.5) is 0 Å². The molecule has 0 saturated carbocycles. The van der Waals surface area contributed by atoms with Crippen LogP contribution in [0.1, 0.15) is 18.5 Å². The van der Waals surface area contributed by atoms with Crippen LogP contribution < -0.4 is 15.9 Å². The SMILES string of the molecule is COc1ccc(-c2nnc(SCC(=O)NC(C)c3ccccc3)n2N)cc1. The van der Waals surface area contributed by atoms with Crippen LogP contribution in [0.5, 0.6) is 5.75 Å². The van der Waals surface area contributed by atoms with Crippen LogP contribution >= 0.6 is 11.8 Å². The van der Waals surface area contributed by atoms with Crippen LogP contribution in [-0.2, 0) is 4.79 Å². The third-order valence-electron chi connectivity index (χ3n) is 4.02. The van der Waals surface area contributed by atoms with Gasteiger partial charge in [0.1, 0.15) is 5.75 Å². The van der Waals surface area contributed by atoms with Crippen LogP contribution in [0.25, 0.3) is 11.4 Å². The van der Waals surface area contributed by atoms with Crippen LogP contribution in [0.3, 0.4) is 0 Å². The molecule has 0 bridgehead atoms. The first-order valence-corrected chi connectivity index (χ1v) is 9.39. The van der Waals surface area contributed by atoms with E-state index in [-0.39, 0.29) is 17.7 Å². The first kappa shape index (κ1) is 18.8. The van der Waals surface area contributed by atoms with Crippen molar-refractivity contribution >= 4 is 17.7 Å². The number of carbonyl (C=O) groups excluding carboxylic acids is 1. The largest absolute Gasteiger partial charge is 0.497 e. The van der Waals surface area contributed by atoms with E-state index < -0.39 is 0 Å². The summed E-state index contributed by atoms with van der Waals surface area (Å²) < 4.78 is 6.54. The molecule has 8 heteroatoms. The summed E-state index contributed by atoms with van der Waals surface area (Å²) in [6.07, 6.45) is 0. The Morgan fingerprint density at radius 2 is 1.89 bits per heavy atom. The zero-order valence-corrected chi connectivity index (χ0v) is 15.9. The summed E-state index contributed by atoms with van der Waals surface area (Å²) in [6, 6.07) is 17.1. The Morgan fingerprint density at radius 1 is 1.19 bits per heavy atom. The Kier molecular flexibility index (Phi) is 5.97. The molecule has 0 aliphatic rings. The van der Waals surface area contributed by atoms with E-state index >= 15 is 0 Å². The molecule has 7 nitrogen and oxygen atoms in total. The number of nitrogens with zero attached hydrogens (tertiary/aromatic N) is 3. The van der Waals surface area contributed by atoms with Gasteiger partial charge in [0.05, 0.1) is 18.9 Å². The van der Waals surface area contributed by atoms with Crippen molar-refractivity contribution in [2.75, 3.05) is 18.7 Å². The molecule has 3 rings (SSSR count). The van der Waals surface area contributed by atoms with Crippen LogP contribution in [-0.4, -0.2) is 33.6 Å². The second-order valence-corrected chi connectivity index (χ2v) is 6.84. The molecule has 1 amide bonds. The van der Waals surface area contributed by atoms with Gasteiger partial charge in [0.15, 0.2) is 5.82 Å². The average Bonchev–Trinajstić information content (AvgIpc) is 3.07. The minimum atomic E-state index is -0.0923. The zero-order chi connectivity index (χ0) is 19.2. The van der Waals surface area contributed by atoms with Crippen molar-refractivity contribution in [2.24, 2.45) is 0 Å². The van der Waals surface area contributed by atoms with Gasteiger partial charge in [-0.3, -0.25) is 4.79 Å². The van der Waals surface area contributed by atoms with Crippen molar-refractivity contribution in [3.8, 4) is 17.1 Å². The monoisotopic (exact) mass is 383 g/mol. The van der Waals surface area contributed by atoms with Gasteiger partial charge in [0, 0.05) is 5.56 Å². The quantitative estimate of drug-likeness (QED) is 0.481. The summed E-state index contributed by atoms with van der Waals surface area (Å²) in [4.78, 5) is 12.2. The fourth-order valence-electron chi connectivity index (χ4n) is 2.55. The summed E-state index contributed by atoms with van der Waals surface area (Å²) >= 11 is 1.24. The number of methoxy groups -OCH3 is 1. The molecule has 2 aromatic carbocycles. The van der Waals surface area contributed by atoms with Crippen molar-refractivity contribution in [2.45, 2.75) is 18.1 Å². The molecule has 0 aliphatic heterocycles. The molecule has 0 saturated heterocycles. The Morgan fingerprint density at radius 3 is 2.56 bits per heavy atom. The Labute approximate surface area is 161 Å². The van der Waals surface area contributed by atoms with Crippen LogP contribution in [0.15, 0.2) is 59.8 Å². The van der Waals surface area contributed by atoms with Crippen LogP contribution in [0, 0.1) is 0 Å². The van der Waals surface area contributed by atoms with Gasteiger partial charge in [-0.2, -0.15) is 0 Å². The van der Waals surface area contributed by atoms with Gasteiger partial charge in [-0.15, -0.1) is 10.2 Å². The maximum absolute atomic E-state index is 12.2. The Balaban J connectivity index is 1.59. The number of nitrogen functional groups attached to an aromatic ring is 1. The molecule has 0 fully saturated rings. The molecule has 0 spiro atoms. The minimum absolute atomic E-state index is 0.0649. The van der Waals surface area contributed by atoms with Gasteiger partial charge in [-0.25, -0.2) is 4.68 Å². The average molecular weight is 383 g/mol. The van der Waals surface area contributed by atoms with E-state index in [0.717, 1.165) is 16.9 Å². The lowest BCUT2D eigenvalue weighted by atomic mass is 10.1. The molecule has 27 heavy (non-hydrogen) atoms. The number of benzene rings is 2. The zero-order valence-electron chi connectivity index (χ0n) is 15.1. The van der Waals surface area contributed by atoms with Crippen molar-refractivity contribution in [3.05, 3.63) is 60.2 Å². The third-order valence-corrected chi connectivity index (χ3v) is 4.97. The highest BCUT2D eigenvalue weighted by atomic mass is 32.2. The summed E-state index contributed by atoms with van der Waals surface area (Å²) in [7, 11) is 1.61. The molecule has 140 valence electrons. The van der Waals surface area contributed by atoms with E-state index in [1.807, 2.05) is 61.5 Å². The third kappa shape index (κ3) is 4.59. The van der Waals surface area contributed by atoms with Crippen molar-refractivity contribution in [3.63, 3.8) is 0 Å². The Bertz CT molecular complexity index is 896. The highest BCUT2D eigenvalue weighted by Gasteiger charge is 2.15. The standard InChI is InChI=1S/C19H21N5O2S/c1-13(14-6-4-3-5-7-14)21-17(25)12-27-19-23-22-18(24(19)20)15-8-10-16(26-2)11-9-15/h3-11,13H,12,20H2,1-2H3,(H,21,25). The van der Waals surface area contributed by atoms with E-state index in [4.69, 9.17) is 10.6 Å². The van der Waals surface area contributed by atoms with Crippen molar-refractivity contribution < 1.29 is 9.53 Å². The number of hydrogen-bond donors (Lipinski definition) is 2. The van der Waals surface area contributed by atoms with Gasteiger partial charge in [-0.05, 0) is 36.8 Å². The molecular weight excluding hydrogens is 362 g/mol. The lowest BCUT2D eigenvalue weighted by molar-refractivity contribution is -0.119. The fraction of sp³-hybridized carbons (Fsp3) is 0.211. The highest BCUT2D eigenvalue weighted by molar-refractivity contribution is 7.99. The Hall–Kier alpha value is -3.00. The first-order valence-electron chi connectivity index (χ1n) is 8.40. The topological polar surface area (TPSA) is 95.1 Å². The number of carbonyl (C=O) groups is 1. The fourth-order valence-corrected chi connectivity index (χ4v) is 3.22. The number of thioether (sulfide) groups is 1. The smallest absolute Gasteiger partial charge is 0.230 e. The summed E-state index contributed by atoms with van der Waals surface area (Å²) in [5, 5.41) is 11.6. The molecule has 1 atom stereocenters. The van der Waals surface area contributed by atoms with E-state index in [1.165, 1.54) is 16.4 Å². The van der Waals surface area contributed by atoms with Gasteiger partial charge in [-0.1, -0.05) is 42.1 Å². The van der Waals surface area contributed by atoms with E-state index in [1.54, 1.807) is 7.11 Å². The molecule has 0 radical (unpaired) electrons. The maximum Gasteiger partial charge on any atom is 0.230 e. The number of ether oxygens (including phenoxy) is 1. The number of rotatable bonds is 7. The number of nitrogens with one attached hydrogen (secondary N) is 1. The predicted molar refractivity (Wildman–Crippen MR) is 106 cm³/mol. The number of aromatic nitrogens is 3. The highest BCUT2D eigenvalue weighted by Crippen LogP contribution is 2.23. The predicted octanol–water partition coefficient (Wildman–Crippen LogP) is 2.64. The molecule has 1 aromatic heterocycles. The number of amides is 1. The normalized spacial score (nSPS) is 11.8. The maximum atomic E-state index is 12.2. The second kappa shape index (κ2) is 8.59. The van der Waals surface area contributed by atoms with Crippen molar-refractivity contribution in [1.29, 1.82) is 0 Å². The summed E-state index contributed by atoms with van der Waals surface area (Å²) in [5.74, 6) is 7.48.